The second-order valence-electron chi connectivity index (χ2n) is 4.57. The van der Waals surface area contributed by atoms with Crippen LogP contribution in [0.4, 0.5) is 0 Å². The Morgan fingerprint density at radius 2 is 1.71 bits per heavy atom. The fraction of sp³-hybridized carbons (Fsp3) is 1.00. The first kappa shape index (κ1) is 13.9. The van der Waals surface area contributed by atoms with Crippen LogP contribution in [-0.2, 0) is 0 Å². The van der Waals surface area contributed by atoms with E-state index in [9.17, 15) is 0 Å². The van der Waals surface area contributed by atoms with E-state index in [4.69, 9.17) is 0 Å². The van der Waals surface area contributed by atoms with Gasteiger partial charge in [-0.1, -0.05) is 0 Å². The molecule has 0 aromatic carbocycles. The molecule has 0 amide bonds. The van der Waals surface area contributed by atoms with Crippen LogP contribution in [0.5, 0.6) is 0 Å². The van der Waals surface area contributed by atoms with Crippen LogP contribution in [0.3, 0.4) is 0 Å². The Balaban J connectivity index is 3.69. The first-order valence-electron chi connectivity index (χ1n) is 5.49. The van der Waals surface area contributed by atoms with E-state index >= 15 is 0 Å². The van der Waals surface area contributed by atoms with Crippen molar-refractivity contribution < 1.29 is 0 Å². The van der Waals surface area contributed by atoms with Gasteiger partial charge in [-0.25, -0.2) is 0 Å². The Morgan fingerprint density at radius 1 is 1.14 bits per heavy atom. The highest BCUT2D eigenvalue weighted by Crippen LogP contribution is 2.02. The zero-order chi connectivity index (χ0) is 11.1. The second kappa shape index (κ2) is 7.21. The van der Waals surface area contributed by atoms with Crippen LogP contribution in [-0.4, -0.2) is 63.2 Å². The maximum Gasteiger partial charge on any atom is 0.0163 e. The van der Waals surface area contributed by atoms with Crippen molar-refractivity contribution in [2.24, 2.45) is 0 Å². The van der Waals surface area contributed by atoms with Gasteiger partial charge in [0.15, 0.2) is 0 Å². The summed E-state index contributed by atoms with van der Waals surface area (Å²) in [5.41, 5.74) is 0. The van der Waals surface area contributed by atoms with Crippen LogP contribution in [0.25, 0.3) is 0 Å². The number of likely N-dealkylation sites (N-methyl/N-ethyl adjacent to an activating group) is 2. The molecule has 0 rings (SSSR count). The SMILES string of the molecule is CN[C@@H](C)CN(C)C(C)CCN(C)C. The lowest BCUT2D eigenvalue weighted by Crippen LogP contribution is -2.40. The normalized spacial score (nSPS) is 16.3. The first-order valence-corrected chi connectivity index (χ1v) is 5.49. The Morgan fingerprint density at radius 3 is 2.14 bits per heavy atom. The van der Waals surface area contributed by atoms with E-state index in [1.165, 1.54) is 13.0 Å². The van der Waals surface area contributed by atoms with Crippen molar-refractivity contribution in [3.63, 3.8) is 0 Å². The van der Waals surface area contributed by atoms with Crippen molar-refractivity contribution >= 4 is 0 Å². The van der Waals surface area contributed by atoms with Crippen LogP contribution >= 0.6 is 0 Å². The fourth-order valence-electron chi connectivity index (χ4n) is 1.37. The van der Waals surface area contributed by atoms with E-state index in [1.807, 2.05) is 7.05 Å². The van der Waals surface area contributed by atoms with Crippen molar-refractivity contribution in [2.75, 3.05) is 41.3 Å². The number of hydrogen-bond acceptors (Lipinski definition) is 3. The third-order valence-electron chi connectivity index (χ3n) is 2.80. The van der Waals surface area contributed by atoms with Gasteiger partial charge in [0.25, 0.3) is 0 Å². The van der Waals surface area contributed by atoms with Crippen LogP contribution in [0, 0.1) is 0 Å². The molecule has 1 unspecified atom stereocenters. The van der Waals surface area contributed by atoms with Gasteiger partial charge in [-0.15, -0.1) is 0 Å². The molecule has 0 aromatic heterocycles. The Labute approximate surface area is 89.5 Å². The number of nitrogens with one attached hydrogen (secondary N) is 1. The summed E-state index contributed by atoms with van der Waals surface area (Å²) in [6, 6.07) is 1.23. The molecule has 0 bridgehead atoms. The molecule has 0 spiro atoms. The maximum absolute atomic E-state index is 3.26. The van der Waals surface area contributed by atoms with Crippen LogP contribution in [0.2, 0.25) is 0 Å². The minimum atomic E-state index is 0.571. The summed E-state index contributed by atoms with van der Waals surface area (Å²) in [5, 5.41) is 3.26. The van der Waals surface area contributed by atoms with Gasteiger partial charge in [0, 0.05) is 18.6 Å². The number of hydrogen-bond donors (Lipinski definition) is 1. The average molecular weight is 201 g/mol. The Hall–Kier alpha value is -0.120. The highest BCUT2D eigenvalue weighted by molar-refractivity contribution is 4.69. The summed E-state index contributed by atoms with van der Waals surface area (Å²) in [6.45, 7) is 6.80. The molecule has 14 heavy (non-hydrogen) atoms. The van der Waals surface area contributed by atoms with E-state index < -0.39 is 0 Å². The summed E-state index contributed by atoms with van der Waals surface area (Å²) in [7, 11) is 8.48. The lowest BCUT2D eigenvalue weighted by Gasteiger charge is -2.28. The summed E-state index contributed by atoms with van der Waals surface area (Å²) in [5.74, 6) is 0. The molecule has 0 radical (unpaired) electrons. The van der Waals surface area contributed by atoms with Crippen molar-refractivity contribution in [1.82, 2.24) is 15.1 Å². The minimum Gasteiger partial charge on any atom is -0.316 e. The lowest BCUT2D eigenvalue weighted by atomic mass is 10.2. The molecule has 1 N–H and O–H groups in total. The molecule has 86 valence electrons. The topological polar surface area (TPSA) is 18.5 Å². The van der Waals surface area contributed by atoms with Crippen LogP contribution < -0.4 is 5.32 Å². The maximum atomic E-state index is 3.26. The van der Waals surface area contributed by atoms with Gasteiger partial charge < -0.3 is 15.1 Å². The first-order chi connectivity index (χ1) is 6.47. The minimum absolute atomic E-state index is 0.571. The Kier molecular flexibility index (Phi) is 7.15. The molecule has 0 saturated heterocycles. The van der Waals surface area contributed by atoms with Crippen molar-refractivity contribution in [3.8, 4) is 0 Å². The molecular weight excluding hydrogens is 174 g/mol. The standard InChI is InChI=1S/C11H27N3/c1-10(12-3)9-14(6)11(2)7-8-13(4)5/h10-12H,7-9H2,1-6H3/t10-,11?/m0/s1. The monoisotopic (exact) mass is 201 g/mol. The molecule has 0 aliphatic carbocycles. The third-order valence-corrected chi connectivity index (χ3v) is 2.80. The van der Waals surface area contributed by atoms with Crippen molar-refractivity contribution in [3.05, 3.63) is 0 Å². The van der Waals surface area contributed by atoms with E-state index in [-0.39, 0.29) is 0 Å². The summed E-state index contributed by atoms with van der Waals surface area (Å²) < 4.78 is 0. The molecule has 3 nitrogen and oxygen atoms in total. The van der Waals surface area contributed by atoms with Gasteiger partial charge in [0.2, 0.25) is 0 Å². The van der Waals surface area contributed by atoms with Gasteiger partial charge in [-0.05, 0) is 55.0 Å². The second-order valence-corrected chi connectivity index (χ2v) is 4.57. The largest absolute Gasteiger partial charge is 0.316 e. The molecule has 0 aliphatic rings. The van der Waals surface area contributed by atoms with E-state index in [0.29, 0.717) is 12.1 Å². The zero-order valence-electron chi connectivity index (χ0n) is 10.7. The Bertz CT molecular complexity index is 136. The predicted molar refractivity (Wildman–Crippen MR) is 63.8 cm³/mol. The molecule has 3 heteroatoms. The van der Waals surface area contributed by atoms with Crippen molar-refractivity contribution in [2.45, 2.75) is 32.4 Å². The summed E-state index contributed by atoms with van der Waals surface area (Å²) >= 11 is 0. The molecule has 0 saturated carbocycles. The van der Waals surface area contributed by atoms with Gasteiger partial charge >= 0.3 is 0 Å². The fourth-order valence-corrected chi connectivity index (χ4v) is 1.37. The van der Waals surface area contributed by atoms with Crippen molar-refractivity contribution in [1.29, 1.82) is 0 Å². The quantitative estimate of drug-likeness (QED) is 0.659. The average Bonchev–Trinajstić information content (AvgIpc) is 2.13. The lowest BCUT2D eigenvalue weighted by molar-refractivity contribution is 0.212. The predicted octanol–water partition coefficient (Wildman–Crippen LogP) is 0.866. The highest BCUT2D eigenvalue weighted by atomic mass is 15.2. The van der Waals surface area contributed by atoms with Gasteiger partial charge in [0.05, 0.1) is 0 Å². The molecule has 0 fully saturated rings. The van der Waals surface area contributed by atoms with Gasteiger partial charge in [0.1, 0.15) is 0 Å². The van der Waals surface area contributed by atoms with Gasteiger partial charge in [-0.3, -0.25) is 0 Å². The van der Waals surface area contributed by atoms with Gasteiger partial charge in [-0.2, -0.15) is 0 Å². The summed E-state index contributed by atoms with van der Waals surface area (Å²) in [6.07, 6.45) is 1.24. The highest BCUT2D eigenvalue weighted by Gasteiger charge is 2.11. The summed E-state index contributed by atoms with van der Waals surface area (Å²) in [4.78, 5) is 4.66. The smallest absolute Gasteiger partial charge is 0.0163 e. The zero-order valence-corrected chi connectivity index (χ0v) is 10.7. The molecule has 0 aromatic rings. The molecule has 0 heterocycles. The molecular formula is C11H27N3. The van der Waals surface area contributed by atoms with Crippen LogP contribution in [0.15, 0.2) is 0 Å². The third kappa shape index (κ3) is 6.35. The van der Waals surface area contributed by atoms with E-state index in [0.717, 1.165) is 6.54 Å². The molecule has 2 atom stereocenters. The number of nitrogens with zero attached hydrogens (tertiary/aromatic N) is 2. The van der Waals surface area contributed by atoms with E-state index in [1.54, 1.807) is 0 Å². The molecule has 0 aliphatic heterocycles. The van der Waals surface area contributed by atoms with Crippen LogP contribution in [0.1, 0.15) is 20.3 Å². The number of rotatable bonds is 7. The van der Waals surface area contributed by atoms with E-state index in [2.05, 4.69) is 50.1 Å².